The average molecular weight is 351 g/mol. The van der Waals surface area contributed by atoms with Crippen molar-refractivity contribution < 1.29 is 4.79 Å². The van der Waals surface area contributed by atoms with E-state index in [2.05, 4.69) is 52.4 Å². The van der Waals surface area contributed by atoms with E-state index in [9.17, 15) is 4.79 Å². The van der Waals surface area contributed by atoms with Crippen molar-refractivity contribution in [2.24, 2.45) is 0 Å². The SMILES string of the molecule is Cc1ccc(C)c(C(C)NC(=O)CCc2c(C)nc3ncnn3c2C)c1. The van der Waals surface area contributed by atoms with E-state index in [0.717, 1.165) is 22.5 Å². The molecule has 136 valence electrons. The van der Waals surface area contributed by atoms with E-state index in [1.54, 1.807) is 4.52 Å². The normalized spacial score (nSPS) is 12.3. The number of rotatable bonds is 5. The third-order valence-electron chi connectivity index (χ3n) is 4.87. The Labute approximate surface area is 153 Å². The minimum atomic E-state index is -0.0134. The van der Waals surface area contributed by atoms with Gasteiger partial charge in [-0.3, -0.25) is 4.79 Å². The number of hydrogen-bond acceptors (Lipinski definition) is 4. The predicted octanol–water partition coefficient (Wildman–Crippen LogP) is 3.17. The molecule has 0 bridgehead atoms. The first-order chi connectivity index (χ1) is 12.4. The van der Waals surface area contributed by atoms with Crippen LogP contribution >= 0.6 is 0 Å². The molecule has 0 aliphatic rings. The molecule has 1 atom stereocenters. The van der Waals surface area contributed by atoms with Gasteiger partial charge in [-0.25, -0.2) is 9.50 Å². The summed E-state index contributed by atoms with van der Waals surface area (Å²) in [5.41, 5.74) is 6.49. The molecule has 2 aromatic heterocycles. The topological polar surface area (TPSA) is 72.2 Å². The number of carbonyl (C=O) groups excluding carboxylic acids is 1. The Morgan fingerprint density at radius 3 is 2.77 bits per heavy atom. The number of aromatic nitrogens is 4. The van der Waals surface area contributed by atoms with Gasteiger partial charge < -0.3 is 5.32 Å². The maximum absolute atomic E-state index is 12.5. The highest BCUT2D eigenvalue weighted by molar-refractivity contribution is 5.76. The van der Waals surface area contributed by atoms with Gasteiger partial charge in [-0.1, -0.05) is 23.8 Å². The highest BCUT2D eigenvalue weighted by Gasteiger charge is 2.15. The van der Waals surface area contributed by atoms with Crippen LogP contribution in [0.25, 0.3) is 5.78 Å². The number of fused-ring (bicyclic) bond motifs is 1. The van der Waals surface area contributed by atoms with Gasteiger partial charge in [0.05, 0.1) is 6.04 Å². The van der Waals surface area contributed by atoms with Crippen LogP contribution in [0, 0.1) is 27.7 Å². The van der Waals surface area contributed by atoms with Crippen molar-refractivity contribution >= 4 is 11.7 Å². The number of nitrogens with one attached hydrogen (secondary N) is 1. The smallest absolute Gasteiger partial charge is 0.252 e. The Hall–Kier alpha value is -2.76. The summed E-state index contributed by atoms with van der Waals surface area (Å²) in [6.45, 7) is 10.1. The maximum Gasteiger partial charge on any atom is 0.252 e. The van der Waals surface area contributed by atoms with E-state index >= 15 is 0 Å². The lowest BCUT2D eigenvalue weighted by molar-refractivity contribution is -0.121. The zero-order valence-corrected chi connectivity index (χ0v) is 16.0. The molecular formula is C20H25N5O. The van der Waals surface area contributed by atoms with Crippen molar-refractivity contribution in [1.29, 1.82) is 0 Å². The van der Waals surface area contributed by atoms with Crippen LogP contribution in [0.5, 0.6) is 0 Å². The molecule has 0 saturated heterocycles. The van der Waals surface area contributed by atoms with Gasteiger partial charge in [0, 0.05) is 17.8 Å². The molecule has 1 unspecified atom stereocenters. The van der Waals surface area contributed by atoms with Gasteiger partial charge in [-0.05, 0) is 57.7 Å². The molecule has 2 heterocycles. The minimum absolute atomic E-state index is 0.0134. The Kier molecular flexibility index (Phi) is 5.02. The summed E-state index contributed by atoms with van der Waals surface area (Å²) in [4.78, 5) is 21.1. The van der Waals surface area contributed by atoms with Crippen LogP contribution in [0.15, 0.2) is 24.5 Å². The lowest BCUT2D eigenvalue weighted by Gasteiger charge is -2.18. The van der Waals surface area contributed by atoms with Crippen molar-refractivity contribution in [3.05, 3.63) is 58.2 Å². The molecule has 0 spiro atoms. The zero-order chi connectivity index (χ0) is 18.8. The molecule has 1 aromatic carbocycles. The standard InChI is InChI=1S/C20H25N5O/c1-12-6-7-13(2)18(10-12)15(4)23-19(26)9-8-17-14(3)24-20-21-11-22-25(20)16(17)5/h6-7,10-11,15H,8-9H2,1-5H3,(H,23,26). The van der Waals surface area contributed by atoms with E-state index in [0.29, 0.717) is 18.6 Å². The number of amides is 1. The average Bonchev–Trinajstić information content (AvgIpc) is 3.05. The fourth-order valence-corrected chi connectivity index (χ4v) is 3.37. The van der Waals surface area contributed by atoms with E-state index in [1.807, 2.05) is 20.8 Å². The molecular weight excluding hydrogens is 326 g/mol. The van der Waals surface area contributed by atoms with Crippen molar-refractivity contribution in [2.45, 2.75) is 53.5 Å². The van der Waals surface area contributed by atoms with Gasteiger partial charge in [-0.15, -0.1) is 0 Å². The maximum atomic E-state index is 12.5. The van der Waals surface area contributed by atoms with E-state index in [-0.39, 0.29) is 11.9 Å². The molecule has 0 aliphatic carbocycles. The largest absolute Gasteiger partial charge is 0.350 e. The second kappa shape index (κ2) is 7.23. The molecule has 3 rings (SSSR count). The van der Waals surface area contributed by atoms with Crippen LogP contribution in [0.1, 0.15) is 53.0 Å². The summed E-state index contributed by atoms with van der Waals surface area (Å²) in [6.07, 6.45) is 2.54. The van der Waals surface area contributed by atoms with E-state index in [4.69, 9.17) is 0 Å². The fourth-order valence-electron chi connectivity index (χ4n) is 3.37. The second-order valence-corrected chi connectivity index (χ2v) is 6.88. The number of aryl methyl sites for hydroxylation is 4. The molecule has 0 radical (unpaired) electrons. The summed E-state index contributed by atoms with van der Waals surface area (Å²) in [6, 6.07) is 6.31. The Bertz CT molecular complexity index is 960. The lowest BCUT2D eigenvalue weighted by atomic mass is 9.99. The molecule has 1 N–H and O–H groups in total. The highest BCUT2D eigenvalue weighted by Crippen LogP contribution is 2.20. The second-order valence-electron chi connectivity index (χ2n) is 6.88. The van der Waals surface area contributed by atoms with Crippen LogP contribution in [0.4, 0.5) is 0 Å². The molecule has 0 aliphatic heterocycles. The van der Waals surface area contributed by atoms with E-state index in [1.165, 1.54) is 17.5 Å². The summed E-state index contributed by atoms with van der Waals surface area (Å²) >= 11 is 0. The third-order valence-corrected chi connectivity index (χ3v) is 4.87. The molecule has 0 saturated carbocycles. The Balaban J connectivity index is 1.68. The molecule has 3 aromatic rings. The van der Waals surface area contributed by atoms with Crippen LogP contribution in [-0.4, -0.2) is 25.5 Å². The molecule has 0 fully saturated rings. The highest BCUT2D eigenvalue weighted by atomic mass is 16.1. The lowest BCUT2D eigenvalue weighted by Crippen LogP contribution is -2.27. The summed E-state index contributed by atoms with van der Waals surface area (Å²) < 4.78 is 1.72. The van der Waals surface area contributed by atoms with Gasteiger partial charge in [0.15, 0.2) is 0 Å². The zero-order valence-electron chi connectivity index (χ0n) is 16.0. The number of nitrogens with zero attached hydrogens (tertiary/aromatic N) is 4. The van der Waals surface area contributed by atoms with Crippen molar-refractivity contribution in [1.82, 2.24) is 24.9 Å². The van der Waals surface area contributed by atoms with Gasteiger partial charge in [0.1, 0.15) is 6.33 Å². The first-order valence-electron chi connectivity index (χ1n) is 8.89. The summed E-state index contributed by atoms with van der Waals surface area (Å²) in [5, 5.41) is 7.31. The first kappa shape index (κ1) is 18.0. The van der Waals surface area contributed by atoms with Crippen molar-refractivity contribution in [3.8, 4) is 0 Å². The van der Waals surface area contributed by atoms with Crippen LogP contribution in [0.3, 0.4) is 0 Å². The first-order valence-corrected chi connectivity index (χ1v) is 8.89. The molecule has 6 nitrogen and oxygen atoms in total. The predicted molar refractivity (Wildman–Crippen MR) is 101 cm³/mol. The number of carbonyl (C=O) groups is 1. The van der Waals surface area contributed by atoms with Gasteiger partial charge in [-0.2, -0.15) is 10.1 Å². The monoisotopic (exact) mass is 351 g/mol. The molecule has 6 heteroatoms. The fraction of sp³-hybridized carbons (Fsp3) is 0.400. The van der Waals surface area contributed by atoms with Crippen molar-refractivity contribution in [2.75, 3.05) is 0 Å². The molecule has 1 amide bonds. The van der Waals surface area contributed by atoms with Gasteiger partial charge in [0.2, 0.25) is 5.91 Å². The van der Waals surface area contributed by atoms with Crippen LogP contribution < -0.4 is 5.32 Å². The Morgan fingerprint density at radius 1 is 1.23 bits per heavy atom. The van der Waals surface area contributed by atoms with Crippen LogP contribution in [-0.2, 0) is 11.2 Å². The number of benzene rings is 1. The van der Waals surface area contributed by atoms with Crippen LogP contribution in [0.2, 0.25) is 0 Å². The van der Waals surface area contributed by atoms with Gasteiger partial charge >= 0.3 is 0 Å². The third kappa shape index (κ3) is 3.59. The van der Waals surface area contributed by atoms with Gasteiger partial charge in [0.25, 0.3) is 5.78 Å². The van der Waals surface area contributed by atoms with Crippen molar-refractivity contribution in [3.63, 3.8) is 0 Å². The summed E-state index contributed by atoms with van der Waals surface area (Å²) in [5.74, 6) is 0.632. The van der Waals surface area contributed by atoms with E-state index < -0.39 is 0 Å². The Morgan fingerprint density at radius 2 is 2.00 bits per heavy atom. The number of hydrogen-bond donors (Lipinski definition) is 1. The molecule has 26 heavy (non-hydrogen) atoms. The summed E-state index contributed by atoms with van der Waals surface area (Å²) in [7, 11) is 0. The quantitative estimate of drug-likeness (QED) is 0.766. The minimum Gasteiger partial charge on any atom is -0.350 e.